The highest BCUT2D eigenvalue weighted by Gasteiger charge is 2.19. The highest BCUT2D eigenvalue weighted by molar-refractivity contribution is 5.82. The summed E-state index contributed by atoms with van der Waals surface area (Å²) >= 11 is 0. The van der Waals surface area contributed by atoms with Gasteiger partial charge in [-0.05, 0) is 48.1 Å². The molecule has 1 unspecified atom stereocenters. The van der Waals surface area contributed by atoms with Gasteiger partial charge in [0.1, 0.15) is 0 Å². The maximum absolute atomic E-state index is 2.38. The van der Waals surface area contributed by atoms with Crippen molar-refractivity contribution in [3.05, 3.63) is 64.7 Å². The summed E-state index contributed by atoms with van der Waals surface area (Å²) in [6.07, 6.45) is 7.19. The molecule has 0 aromatic heterocycles. The van der Waals surface area contributed by atoms with Crippen molar-refractivity contribution in [2.75, 3.05) is 0 Å². The maximum atomic E-state index is 2.38. The molecule has 0 spiro atoms. The van der Waals surface area contributed by atoms with Crippen LogP contribution in [0.4, 0.5) is 0 Å². The van der Waals surface area contributed by atoms with Crippen LogP contribution < -0.4 is 0 Å². The van der Waals surface area contributed by atoms with Crippen LogP contribution in [0.2, 0.25) is 0 Å². The molecule has 0 nitrogen and oxygen atoms in total. The Kier molecular flexibility index (Phi) is 3.48. The van der Waals surface area contributed by atoms with Crippen LogP contribution in [-0.4, -0.2) is 0 Å². The molecule has 0 saturated heterocycles. The van der Waals surface area contributed by atoms with Gasteiger partial charge in [0.25, 0.3) is 0 Å². The molecule has 3 rings (SSSR count). The summed E-state index contributed by atoms with van der Waals surface area (Å²) in [5, 5.41) is 0. The summed E-state index contributed by atoms with van der Waals surface area (Å²) in [5.74, 6) is 0.611. The predicted octanol–water partition coefficient (Wildman–Crippen LogP) is 5.88. The lowest BCUT2D eigenvalue weighted by atomic mass is 9.90. The van der Waals surface area contributed by atoms with E-state index in [2.05, 4.69) is 69.3 Å². The van der Waals surface area contributed by atoms with Crippen LogP contribution in [0.25, 0.3) is 17.2 Å². The second-order valence-electron chi connectivity index (χ2n) is 5.88. The van der Waals surface area contributed by atoms with E-state index in [0.717, 1.165) is 0 Å². The van der Waals surface area contributed by atoms with Crippen molar-refractivity contribution in [3.63, 3.8) is 0 Å². The molecule has 0 heteroatoms. The van der Waals surface area contributed by atoms with Crippen LogP contribution in [0.3, 0.4) is 0 Å². The zero-order chi connectivity index (χ0) is 14.1. The zero-order valence-electron chi connectivity index (χ0n) is 12.6. The van der Waals surface area contributed by atoms with E-state index in [1.54, 1.807) is 0 Å². The molecular weight excluding hydrogens is 240 g/mol. The van der Waals surface area contributed by atoms with Crippen molar-refractivity contribution in [2.45, 2.75) is 39.5 Å². The van der Waals surface area contributed by atoms with Gasteiger partial charge < -0.3 is 0 Å². The van der Waals surface area contributed by atoms with Gasteiger partial charge in [-0.2, -0.15) is 0 Å². The van der Waals surface area contributed by atoms with Crippen molar-refractivity contribution in [3.8, 4) is 11.1 Å². The number of benzene rings is 2. The van der Waals surface area contributed by atoms with Crippen LogP contribution in [-0.2, 0) is 0 Å². The second-order valence-corrected chi connectivity index (χ2v) is 5.88. The van der Waals surface area contributed by atoms with Gasteiger partial charge in [-0.3, -0.25) is 0 Å². The zero-order valence-corrected chi connectivity index (χ0v) is 12.6. The first kappa shape index (κ1) is 13.2. The Morgan fingerprint density at radius 2 is 1.85 bits per heavy atom. The van der Waals surface area contributed by atoms with Gasteiger partial charge in [0.15, 0.2) is 0 Å². The van der Waals surface area contributed by atoms with Crippen LogP contribution >= 0.6 is 0 Å². The summed E-state index contributed by atoms with van der Waals surface area (Å²) in [6.45, 7) is 6.64. The van der Waals surface area contributed by atoms with Crippen molar-refractivity contribution in [2.24, 2.45) is 0 Å². The van der Waals surface area contributed by atoms with Crippen LogP contribution in [0.15, 0.2) is 42.5 Å². The first-order valence-corrected chi connectivity index (χ1v) is 7.59. The van der Waals surface area contributed by atoms with Gasteiger partial charge in [0.2, 0.25) is 0 Å². The Bertz CT molecular complexity index is 662. The number of hydrogen-bond acceptors (Lipinski definition) is 0. The lowest BCUT2D eigenvalue weighted by Crippen LogP contribution is -1.95. The van der Waals surface area contributed by atoms with Gasteiger partial charge in [-0.25, -0.2) is 0 Å². The Morgan fingerprint density at radius 1 is 1.00 bits per heavy atom. The SMILES string of the molecule is CCCC1C=Cc2c(-c3cc(C)ccc3C)cccc21. The van der Waals surface area contributed by atoms with E-state index in [1.807, 2.05) is 0 Å². The molecule has 0 bridgehead atoms. The van der Waals surface area contributed by atoms with Gasteiger partial charge in [0, 0.05) is 5.92 Å². The molecular formula is C20H22. The quantitative estimate of drug-likeness (QED) is 0.648. The number of fused-ring (bicyclic) bond motifs is 1. The molecule has 0 saturated carbocycles. The van der Waals surface area contributed by atoms with E-state index in [1.165, 1.54) is 46.2 Å². The number of hydrogen-bond donors (Lipinski definition) is 0. The second kappa shape index (κ2) is 5.28. The predicted molar refractivity (Wildman–Crippen MR) is 88.0 cm³/mol. The Hall–Kier alpha value is -1.82. The summed E-state index contributed by atoms with van der Waals surface area (Å²) < 4.78 is 0. The van der Waals surface area contributed by atoms with E-state index in [0.29, 0.717) is 5.92 Å². The molecule has 1 aliphatic rings. The summed E-state index contributed by atoms with van der Waals surface area (Å²) in [7, 11) is 0. The first-order chi connectivity index (χ1) is 9.70. The highest BCUT2D eigenvalue weighted by Crippen LogP contribution is 2.39. The number of allylic oxidation sites excluding steroid dienone is 1. The average Bonchev–Trinajstić information content (AvgIpc) is 2.85. The van der Waals surface area contributed by atoms with Crippen molar-refractivity contribution < 1.29 is 0 Å². The van der Waals surface area contributed by atoms with Gasteiger partial charge in [-0.15, -0.1) is 0 Å². The van der Waals surface area contributed by atoms with Crippen LogP contribution in [0, 0.1) is 13.8 Å². The standard InChI is InChI=1S/C20H22/c1-4-6-16-11-12-19-17(16)7-5-8-18(19)20-13-14(2)9-10-15(20)3/h5,7-13,16H,4,6H2,1-3H3. The summed E-state index contributed by atoms with van der Waals surface area (Å²) in [6, 6.07) is 13.5. The smallest absolute Gasteiger partial charge is 0.00273 e. The fraction of sp³-hybridized carbons (Fsp3) is 0.300. The largest absolute Gasteiger partial charge is 0.0764 e. The molecule has 0 N–H and O–H groups in total. The van der Waals surface area contributed by atoms with E-state index in [-0.39, 0.29) is 0 Å². The Labute approximate surface area is 122 Å². The molecule has 0 amide bonds. The van der Waals surface area contributed by atoms with Gasteiger partial charge in [0.05, 0.1) is 0 Å². The fourth-order valence-electron chi connectivity index (χ4n) is 3.23. The molecule has 1 aliphatic carbocycles. The molecule has 102 valence electrons. The van der Waals surface area contributed by atoms with Crippen LogP contribution in [0.5, 0.6) is 0 Å². The Balaban J connectivity index is 2.13. The lowest BCUT2D eigenvalue weighted by molar-refractivity contribution is 0.726. The van der Waals surface area contributed by atoms with Crippen LogP contribution in [0.1, 0.15) is 47.9 Å². The molecule has 0 aliphatic heterocycles. The molecule has 2 aromatic carbocycles. The maximum Gasteiger partial charge on any atom is 0.00273 e. The molecule has 0 radical (unpaired) electrons. The lowest BCUT2D eigenvalue weighted by Gasteiger charge is -2.14. The summed E-state index contributed by atoms with van der Waals surface area (Å²) in [4.78, 5) is 0. The average molecular weight is 262 g/mol. The molecule has 0 fully saturated rings. The molecule has 20 heavy (non-hydrogen) atoms. The fourth-order valence-corrected chi connectivity index (χ4v) is 3.23. The monoisotopic (exact) mass is 262 g/mol. The van der Waals surface area contributed by atoms with Crippen molar-refractivity contribution in [1.29, 1.82) is 0 Å². The highest BCUT2D eigenvalue weighted by atomic mass is 14.2. The van der Waals surface area contributed by atoms with E-state index >= 15 is 0 Å². The van der Waals surface area contributed by atoms with Crippen molar-refractivity contribution >= 4 is 6.08 Å². The minimum Gasteiger partial charge on any atom is -0.0764 e. The first-order valence-electron chi connectivity index (χ1n) is 7.59. The normalized spacial score (nSPS) is 16.4. The van der Waals surface area contributed by atoms with Crippen molar-refractivity contribution in [1.82, 2.24) is 0 Å². The summed E-state index contributed by atoms with van der Waals surface area (Å²) in [5.41, 5.74) is 8.39. The number of rotatable bonds is 3. The third-order valence-electron chi connectivity index (χ3n) is 4.32. The topological polar surface area (TPSA) is 0 Å². The van der Waals surface area contributed by atoms with Gasteiger partial charge >= 0.3 is 0 Å². The minimum atomic E-state index is 0.611. The van der Waals surface area contributed by atoms with E-state index in [9.17, 15) is 0 Å². The molecule has 0 heterocycles. The molecule has 2 aromatic rings. The minimum absolute atomic E-state index is 0.611. The van der Waals surface area contributed by atoms with E-state index < -0.39 is 0 Å². The Morgan fingerprint density at radius 3 is 2.65 bits per heavy atom. The third-order valence-corrected chi connectivity index (χ3v) is 4.32. The van der Waals surface area contributed by atoms with E-state index in [4.69, 9.17) is 0 Å². The van der Waals surface area contributed by atoms with Gasteiger partial charge in [-0.1, -0.05) is 67.5 Å². The number of aryl methyl sites for hydroxylation is 2. The molecule has 1 atom stereocenters. The third kappa shape index (κ3) is 2.20.